The number of hydrogen-bond acceptors (Lipinski definition) is 2. The molecule has 0 saturated heterocycles. The van der Waals surface area contributed by atoms with Crippen molar-refractivity contribution in [3.63, 3.8) is 0 Å². The van der Waals surface area contributed by atoms with Crippen molar-refractivity contribution in [3.8, 4) is 0 Å². The number of rotatable bonds is 4. The van der Waals surface area contributed by atoms with E-state index in [0.717, 1.165) is 24.7 Å². The lowest BCUT2D eigenvalue weighted by molar-refractivity contribution is 0.674. The Bertz CT molecular complexity index is 262. The average Bonchev–Trinajstić information content (AvgIpc) is 2.99. The molecule has 0 radical (unpaired) electrons. The van der Waals surface area contributed by atoms with Crippen LogP contribution in [0.25, 0.3) is 0 Å². The molecule has 1 saturated carbocycles. The fourth-order valence-corrected chi connectivity index (χ4v) is 1.31. The summed E-state index contributed by atoms with van der Waals surface area (Å²) in [6.07, 6.45) is 5.73. The van der Waals surface area contributed by atoms with E-state index in [-0.39, 0.29) is 0 Å². The molecule has 0 aliphatic heterocycles. The fourth-order valence-electron chi connectivity index (χ4n) is 1.31. The summed E-state index contributed by atoms with van der Waals surface area (Å²) in [7, 11) is 0. The Hall–Kier alpha value is -0.890. The van der Waals surface area contributed by atoms with E-state index in [0.29, 0.717) is 0 Å². The zero-order chi connectivity index (χ0) is 9.10. The van der Waals surface area contributed by atoms with Crippen LogP contribution in [-0.4, -0.2) is 11.0 Å². The lowest BCUT2D eigenvalue weighted by Gasteiger charge is -2.02. The highest BCUT2D eigenvalue weighted by molar-refractivity contribution is 5.13. The summed E-state index contributed by atoms with van der Waals surface area (Å²) in [5.74, 6) is 0. The van der Waals surface area contributed by atoms with E-state index < -0.39 is 0 Å². The summed E-state index contributed by atoms with van der Waals surface area (Å²) >= 11 is 0. The smallest absolute Gasteiger partial charge is 0.0541 e. The van der Waals surface area contributed by atoms with Crippen molar-refractivity contribution >= 4 is 0 Å². The maximum atomic E-state index is 4.39. The number of pyridine rings is 1. The van der Waals surface area contributed by atoms with E-state index in [4.69, 9.17) is 0 Å². The van der Waals surface area contributed by atoms with Crippen LogP contribution in [0.5, 0.6) is 0 Å². The Balaban J connectivity index is 1.88. The maximum absolute atomic E-state index is 4.39. The largest absolute Gasteiger partial charge is 0.308 e. The molecule has 0 aromatic carbocycles. The van der Waals surface area contributed by atoms with Gasteiger partial charge < -0.3 is 5.32 Å². The van der Waals surface area contributed by atoms with Crippen LogP contribution in [0.2, 0.25) is 0 Å². The minimum Gasteiger partial charge on any atom is -0.308 e. The van der Waals surface area contributed by atoms with E-state index >= 15 is 0 Å². The summed E-state index contributed by atoms with van der Waals surface area (Å²) in [5, 5.41) is 3.45. The molecule has 1 aromatic rings. The molecule has 2 rings (SSSR count). The number of aromatic nitrogens is 1. The predicted molar refractivity (Wildman–Crippen MR) is 53.5 cm³/mol. The van der Waals surface area contributed by atoms with E-state index in [2.05, 4.69) is 29.4 Å². The van der Waals surface area contributed by atoms with Crippen LogP contribution in [0.15, 0.2) is 18.3 Å². The zero-order valence-electron chi connectivity index (χ0n) is 8.09. The van der Waals surface area contributed by atoms with Crippen molar-refractivity contribution in [3.05, 3.63) is 29.6 Å². The maximum Gasteiger partial charge on any atom is 0.0541 e. The summed E-state index contributed by atoms with van der Waals surface area (Å²) in [4.78, 5) is 4.39. The molecule has 0 spiro atoms. The van der Waals surface area contributed by atoms with Gasteiger partial charge >= 0.3 is 0 Å². The number of aryl methyl sites for hydroxylation is 1. The minimum atomic E-state index is 0.771. The highest BCUT2D eigenvalue weighted by atomic mass is 15.0. The molecule has 1 aliphatic rings. The van der Waals surface area contributed by atoms with Gasteiger partial charge in [-0.15, -0.1) is 0 Å². The van der Waals surface area contributed by atoms with Crippen LogP contribution >= 0.6 is 0 Å². The quantitative estimate of drug-likeness (QED) is 0.758. The van der Waals surface area contributed by atoms with E-state index in [1.54, 1.807) is 0 Å². The van der Waals surface area contributed by atoms with Crippen molar-refractivity contribution in [1.82, 2.24) is 10.3 Å². The van der Waals surface area contributed by atoms with Gasteiger partial charge in [0.25, 0.3) is 0 Å². The summed E-state index contributed by atoms with van der Waals surface area (Å²) in [6, 6.07) is 5.05. The Morgan fingerprint density at radius 1 is 1.46 bits per heavy atom. The van der Waals surface area contributed by atoms with Gasteiger partial charge in [0.05, 0.1) is 5.69 Å². The predicted octanol–water partition coefficient (Wildman–Crippen LogP) is 1.90. The van der Waals surface area contributed by atoms with Crippen LogP contribution in [0.1, 0.15) is 31.0 Å². The average molecular weight is 176 g/mol. The number of nitrogens with one attached hydrogen (secondary N) is 1. The Morgan fingerprint density at radius 2 is 2.31 bits per heavy atom. The third kappa shape index (κ3) is 2.52. The van der Waals surface area contributed by atoms with Crippen molar-refractivity contribution < 1.29 is 0 Å². The van der Waals surface area contributed by atoms with Crippen LogP contribution in [-0.2, 0) is 13.0 Å². The lowest BCUT2D eigenvalue weighted by atomic mass is 10.2. The Kier molecular flexibility index (Phi) is 2.60. The summed E-state index contributed by atoms with van der Waals surface area (Å²) < 4.78 is 0. The van der Waals surface area contributed by atoms with Crippen molar-refractivity contribution in [2.45, 2.75) is 38.8 Å². The van der Waals surface area contributed by atoms with Gasteiger partial charge in [-0.3, -0.25) is 4.98 Å². The van der Waals surface area contributed by atoms with Gasteiger partial charge in [-0.2, -0.15) is 0 Å². The third-order valence-corrected chi connectivity index (χ3v) is 2.44. The molecule has 1 N–H and O–H groups in total. The first-order valence-electron chi connectivity index (χ1n) is 5.05. The molecule has 0 unspecified atom stereocenters. The zero-order valence-corrected chi connectivity index (χ0v) is 8.09. The first-order chi connectivity index (χ1) is 6.38. The van der Waals surface area contributed by atoms with E-state index in [9.17, 15) is 0 Å². The van der Waals surface area contributed by atoms with E-state index in [1.165, 1.54) is 18.4 Å². The van der Waals surface area contributed by atoms with Gasteiger partial charge in [0.2, 0.25) is 0 Å². The van der Waals surface area contributed by atoms with Crippen molar-refractivity contribution in [2.75, 3.05) is 0 Å². The SMILES string of the molecule is CCc1ccc(CNC2CC2)nc1. The molecule has 2 heteroatoms. The lowest BCUT2D eigenvalue weighted by Crippen LogP contribution is -2.16. The van der Waals surface area contributed by atoms with Crippen molar-refractivity contribution in [1.29, 1.82) is 0 Å². The second kappa shape index (κ2) is 3.88. The highest BCUT2D eigenvalue weighted by Gasteiger charge is 2.19. The molecule has 13 heavy (non-hydrogen) atoms. The Morgan fingerprint density at radius 3 is 2.85 bits per heavy atom. The molecule has 0 atom stereocenters. The second-order valence-electron chi connectivity index (χ2n) is 3.67. The van der Waals surface area contributed by atoms with E-state index in [1.807, 2.05) is 6.20 Å². The highest BCUT2D eigenvalue weighted by Crippen LogP contribution is 2.18. The Labute approximate surface area is 79.4 Å². The first-order valence-corrected chi connectivity index (χ1v) is 5.05. The molecule has 1 aromatic heterocycles. The van der Waals surface area contributed by atoms with Gasteiger partial charge in [-0.1, -0.05) is 13.0 Å². The molecule has 1 heterocycles. The normalized spacial score (nSPS) is 16.1. The molecule has 0 amide bonds. The second-order valence-corrected chi connectivity index (χ2v) is 3.67. The van der Waals surface area contributed by atoms with Crippen LogP contribution in [0.4, 0.5) is 0 Å². The van der Waals surface area contributed by atoms with Crippen LogP contribution in [0, 0.1) is 0 Å². The topological polar surface area (TPSA) is 24.9 Å². The van der Waals surface area contributed by atoms with Gasteiger partial charge in [0.1, 0.15) is 0 Å². The van der Waals surface area contributed by atoms with Gasteiger partial charge in [0.15, 0.2) is 0 Å². The van der Waals surface area contributed by atoms with Gasteiger partial charge in [-0.25, -0.2) is 0 Å². The van der Waals surface area contributed by atoms with Crippen LogP contribution < -0.4 is 5.32 Å². The molecule has 1 aliphatic carbocycles. The van der Waals surface area contributed by atoms with Gasteiger partial charge in [0, 0.05) is 18.8 Å². The fraction of sp³-hybridized carbons (Fsp3) is 0.545. The number of nitrogens with zero attached hydrogens (tertiary/aromatic N) is 1. The standard InChI is InChI=1S/C11H16N2/c1-2-9-3-4-11(12-7-9)8-13-10-5-6-10/h3-4,7,10,13H,2,5-6,8H2,1H3. The number of hydrogen-bond donors (Lipinski definition) is 1. The molecule has 2 nitrogen and oxygen atoms in total. The van der Waals surface area contributed by atoms with Crippen LogP contribution in [0.3, 0.4) is 0 Å². The molecular weight excluding hydrogens is 160 g/mol. The van der Waals surface area contributed by atoms with Gasteiger partial charge in [-0.05, 0) is 30.9 Å². The van der Waals surface area contributed by atoms with Crippen molar-refractivity contribution in [2.24, 2.45) is 0 Å². The molecular formula is C11H16N2. The molecule has 70 valence electrons. The molecule has 1 fully saturated rings. The third-order valence-electron chi connectivity index (χ3n) is 2.44. The first kappa shape index (κ1) is 8.70. The minimum absolute atomic E-state index is 0.771. The summed E-state index contributed by atoms with van der Waals surface area (Å²) in [6.45, 7) is 3.08. The molecule has 0 bridgehead atoms. The summed E-state index contributed by atoms with van der Waals surface area (Å²) in [5.41, 5.74) is 2.47. The monoisotopic (exact) mass is 176 g/mol.